The van der Waals surface area contributed by atoms with Crippen molar-refractivity contribution in [2.45, 2.75) is 6.92 Å². The first-order valence-electron chi connectivity index (χ1n) is 6.44. The van der Waals surface area contributed by atoms with Gasteiger partial charge in [0.1, 0.15) is 5.58 Å². The summed E-state index contributed by atoms with van der Waals surface area (Å²) in [6.07, 6.45) is 0. The van der Waals surface area contributed by atoms with Crippen LogP contribution in [0.2, 0.25) is 0 Å². The van der Waals surface area contributed by atoms with E-state index in [1.165, 1.54) is 6.92 Å². The molecule has 0 unspecified atom stereocenters. The van der Waals surface area contributed by atoms with Gasteiger partial charge in [-0.2, -0.15) is 0 Å². The number of aromatic hydroxyl groups is 1. The van der Waals surface area contributed by atoms with Crippen LogP contribution in [0.25, 0.3) is 22.3 Å². The van der Waals surface area contributed by atoms with Crippen LogP contribution in [0.1, 0.15) is 17.3 Å². The van der Waals surface area contributed by atoms with Crippen LogP contribution in [0.5, 0.6) is 5.75 Å². The summed E-state index contributed by atoms with van der Waals surface area (Å²) in [5, 5.41) is 10.3. The smallest absolute Gasteiger partial charge is 0.235 e. The Hall–Kier alpha value is -2.88. The summed E-state index contributed by atoms with van der Waals surface area (Å²) in [4.78, 5) is 24.0. The molecule has 0 fully saturated rings. The number of rotatable bonds is 2. The molecule has 0 amide bonds. The number of hydrogen-bond donors (Lipinski definition) is 1. The molecule has 0 aliphatic heterocycles. The van der Waals surface area contributed by atoms with Crippen molar-refractivity contribution in [2.75, 3.05) is 0 Å². The molecular formula is C17H12O4. The number of hydrogen-bond acceptors (Lipinski definition) is 4. The second kappa shape index (κ2) is 4.90. The first-order chi connectivity index (χ1) is 10.1. The lowest BCUT2D eigenvalue weighted by Gasteiger charge is -2.07. The van der Waals surface area contributed by atoms with Crippen molar-refractivity contribution in [3.05, 3.63) is 64.3 Å². The molecular weight excluding hydrogens is 268 g/mol. The van der Waals surface area contributed by atoms with Gasteiger partial charge in [-0.15, -0.1) is 0 Å². The minimum Gasteiger partial charge on any atom is -0.502 e. The second-order valence-electron chi connectivity index (χ2n) is 4.71. The minimum absolute atomic E-state index is 0.105. The third-order valence-electron chi connectivity index (χ3n) is 3.31. The lowest BCUT2D eigenvalue weighted by atomic mass is 10.0. The molecule has 0 aliphatic rings. The highest BCUT2D eigenvalue weighted by Gasteiger charge is 2.18. The van der Waals surface area contributed by atoms with Crippen molar-refractivity contribution >= 4 is 16.8 Å². The molecule has 0 aliphatic carbocycles. The molecule has 3 rings (SSSR count). The monoisotopic (exact) mass is 280 g/mol. The molecule has 0 bridgehead atoms. The standard InChI is InChI=1S/C17H12O4/c1-10(18)12-8-5-9-13-14(12)15(19)16(20)17(21-13)11-6-3-2-4-7-11/h2-9,20H,1H3. The van der Waals surface area contributed by atoms with Crippen LogP contribution in [0, 0.1) is 0 Å². The Morgan fingerprint density at radius 3 is 2.43 bits per heavy atom. The van der Waals surface area contributed by atoms with E-state index in [0.717, 1.165) is 0 Å². The molecule has 21 heavy (non-hydrogen) atoms. The van der Waals surface area contributed by atoms with Crippen LogP contribution in [-0.4, -0.2) is 10.9 Å². The van der Waals surface area contributed by atoms with Crippen LogP contribution in [-0.2, 0) is 0 Å². The molecule has 2 aromatic carbocycles. The maximum Gasteiger partial charge on any atom is 0.235 e. The van der Waals surface area contributed by atoms with Crippen molar-refractivity contribution in [1.29, 1.82) is 0 Å². The van der Waals surface area contributed by atoms with Gasteiger partial charge in [0.2, 0.25) is 11.2 Å². The average Bonchev–Trinajstić information content (AvgIpc) is 2.51. The highest BCUT2D eigenvalue weighted by Crippen LogP contribution is 2.30. The predicted octanol–water partition coefficient (Wildman–Crippen LogP) is 3.37. The van der Waals surface area contributed by atoms with E-state index in [2.05, 4.69) is 0 Å². The highest BCUT2D eigenvalue weighted by atomic mass is 16.4. The van der Waals surface area contributed by atoms with Crippen molar-refractivity contribution in [2.24, 2.45) is 0 Å². The number of fused-ring (bicyclic) bond motifs is 1. The molecule has 0 saturated carbocycles. The molecule has 3 aromatic rings. The normalized spacial score (nSPS) is 10.7. The fourth-order valence-electron chi connectivity index (χ4n) is 2.31. The summed E-state index contributed by atoms with van der Waals surface area (Å²) in [6.45, 7) is 1.37. The van der Waals surface area contributed by atoms with E-state index in [-0.39, 0.29) is 28.1 Å². The first-order valence-corrected chi connectivity index (χ1v) is 6.44. The summed E-state index contributed by atoms with van der Waals surface area (Å²) < 4.78 is 5.65. The number of Topliss-reactive ketones (excluding diaryl/α,β-unsaturated/α-hetero) is 1. The van der Waals surface area contributed by atoms with Crippen LogP contribution in [0.3, 0.4) is 0 Å². The first kappa shape index (κ1) is 13.1. The Kier molecular flexibility index (Phi) is 3.06. The van der Waals surface area contributed by atoms with Gasteiger partial charge in [0.25, 0.3) is 0 Å². The summed E-state index contributed by atoms with van der Waals surface area (Å²) in [5.74, 6) is -0.629. The molecule has 104 valence electrons. The van der Waals surface area contributed by atoms with E-state index in [1.54, 1.807) is 42.5 Å². The maximum absolute atomic E-state index is 12.4. The SMILES string of the molecule is CC(=O)c1cccc2oc(-c3ccccc3)c(O)c(=O)c12. The van der Waals surface area contributed by atoms with Gasteiger partial charge < -0.3 is 9.52 Å². The molecule has 4 heteroatoms. The van der Waals surface area contributed by atoms with E-state index in [9.17, 15) is 14.7 Å². The van der Waals surface area contributed by atoms with E-state index in [0.29, 0.717) is 5.56 Å². The van der Waals surface area contributed by atoms with Crippen LogP contribution >= 0.6 is 0 Å². The number of ketones is 1. The van der Waals surface area contributed by atoms with Gasteiger partial charge in [-0.05, 0) is 13.0 Å². The van der Waals surface area contributed by atoms with Crippen molar-refractivity contribution in [3.8, 4) is 17.1 Å². The quantitative estimate of drug-likeness (QED) is 0.731. The van der Waals surface area contributed by atoms with E-state index in [4.69, 9.17) is 4.42 Å². The Bertz CT molecular complexity index is 892. The zero-order valence-corrected chi connectivity index (χ0v) is 11.3. The minimum atomic E-state index is -0.596. The van der Waals surface area contributed by atoms with Gasteiger partial charge in [-0.1, -0.05) is 42.5 Å². The third-order valence-corrected chi connectivity index (χ3v) is 3.31. The molecule has 1 N–H and O–H groups in total. The van der Waals surface area contributed by atoms with Gasteiger partial charge in [0.05, 0.1) is 5.39 Å². The molecule has 0 spiro atoms. The Balaban J connectivity index is 2.41. The van der Waals surface area contributed by atoms with Crippen molar-refractivity contribution < 1.29 is 14.3 Å². The predicted molar refractivity (Wildman–Crippen MR) is 79.6 cm³/mol. The fraction of sp³-hybridized carbons (Fsp3) is 0.0588. The molecule has 1 aromatic heterocycles. The maximum atomic E-state index is 12.4. The van der Waals surface area contributed by atoms with E-state index >= 15 is 0 Å². The summed E-state index contributed by atoms with van der Waals surface area (Å²) in [7, 11) is 0. The van der Waals surface area contributed by atoms with Gasteiger partial charge in [-0.3, -0.25) is 9.59 Å². The average molecular weight is 280 g/mol. The molecule has 0 atom stereocenters. The van der Waals surface area contributed by atoms with Gasteiger partial charge in [-0.25, -0.2) is 0 Å². The molecule has 0 saturated heterocycles. The van der Waals surface area contributed by atoms with E-state index in [1.807, 2.05) is 6.07 Å². The van der Waals surface area contributed by atoms with Crippen molar-refractivity contribution in [1.82, 2.24) is 0 Å². The van der Waals surface area contributed by atoms with Crippen LogP contribution in [0.4, 0.5) is 0 Å². The summed E-state index contributed by atoms with van der Waals surface area (Å²) >= 11 is 0. The number of carbonyl (C=O) groups excluding carboxylic acids is 1. The topological polar surface area (TPSA) is 67.5 Å². The summed E-state index contributed by atoms with van der Waals surface area (Å²) in [5.41, 5.74) is 0.531. The highest BCUT2D eigenvalue weighted by molar-refractivity contribution is 6.06. The number of benzene rings is 2. The van der Waals surface area contributed by atoms with Gasteiger partial charge >= 0.3 is 0 Å². The van der Waals surface area contributed by atoms with E-state index < -0.39 is 11.2 Å². The summed E-state index contributed by atoms with van der Waals surface area (Å²) in [6, 6.07) is 13.7. The zero-order chi connectivity index (χ0) is 15.0. The number of carbonyl (C=O) groups is 1. The lowest BCUT2D eigenvalue weighted by molar-refractivity contribution is 0.101. The lowest BCUT2D eigenvalue weighted by Crippen LogP contribution is -2.07. The largest absolute Gasteiger partial charge is 0.502 e. The zero-order valence-electron chi connectivity index (χ0n) is 11.3. The van der Waals surface area contributed by atoms with Crippen LogP contribution in [0.15, 0.2) is 57.7 Å². The Morgan fingerprint density at radius 2 is 1.76 bits per heavy atom. The fourth-order valence-corrected chi connectivity index (χ4v) is 2.31. The molecule has 4 nitrogen and oxygen atoms in total. The van der Waals surface area contributed by atoms with Gasteiger partial charge in [0.15, 0.2) is 11.5 Å². The Morgan fingerprint density at radius 1 is 1.05 bits per heavy atom. The van der Waals surface area contributed by atoms with Crippen molar-refractivity contribution in [3.63, 3.8) is 0 Å². The third kappa shape index (κ3) is 2.10. The Labute approximate surface area is 120 Å². The van der Waals surface area contributed by atoms with Gasteiger partial charge in [0, 0.05) is 11.1 Å². The second-order valence-corrected chi connectivity index (χ2v) is 4.71. The molecule has 1 heterocycles. The van der Waals surface area contributed by atoms with Crippen LogP contribution < -0.4 is 5.43 Å². The molecule has 0 radical (unpaired) electrons.